The highest BCUT2D eigenvalue weighted by atomic mass is 16.6. The summed E-state index contributed by atoms with van der Waals surface area (Å²) in [5, 5.41) is 32.8. The van der Waals surface area contributed by atoms with Crippen molar-refractivity contribution in [2.24, 2.45) is 35.5 Å². The second-order valence-electron chi connectivity index (χ2n) is 20.3. The molecule has 0 unspecified atom stereocenters. The number of Topliss-reactive ketones (excluding diaryl/α,β-unsaturated/α-hetero) is 2. The Balaban J connectivity index is 1.68. The zero-order valence-electron chi connectivity index (χ0n) is 42.2. The van der Waals surface area contributed by atoms with Gasteiger partial charge in [-0.1, -0.05) is 71.1 Å². The third-order valence-electron chi connectivity index (χ3n) is 14.9. The Morgan fingerprint density at radius 2 is 1.57 bits per heavy atom. The number of amides is 1. The molecule has 1 saturated carbocycles. The van der Waals surface area contributed by atoms with Crippen molar-refractivity contribution in [3.8, 4) is 0 Å². The van der Waals surface area contributed by atoms with Crippen molar-refractivity contribution < 1.29 is 62.9 Å². The number of ketones is 2. The van der Waals surface area contributed by atoms with Gasteiger partial charge in [0.15, 0.2) is 0 Å². The number of fused-ring (bicyclic) bond motifs is 3. The molecule has 1 aliphatic carbocycles. The maximum absolute atomic E-state index is 14.5. The Bertz CT molecular complexity index is 1730. The summed E-state index contributed by atoms with van der Waals surface area (Å²) < 4.78 is 35.9. The fraction of sp³-hybridized carbons (Fsp3) is 0.774. The molecular weight excluding hydrogens is 859 g/mol. The Kier molecular flexibility index (Phi) is 23.1. The summed E-state index contributed by atoms with van der Waals surface area (Å²) in [6.07, 6.45) is 15.1. The molecule has 3 N–H and O–H groups in total. The molecule has 67 heavy (non-hydrogen) atoms. The lowest BCUT2D eigenvalue weighted by molar-refractivity contribution is -0.265. The third kappa shape index (κ3) is 16.0. The molecule has 0 aromatic rings. The van der Waals surface area contributed by atoms with Gasteiger partial charge in [-0.25, -0.2) is 4.79 Å². The van der Waals surface area contributed by atoms with Gasteiger partial charge in [0.1, 0.15) is 24.0 Å². The van der Waals surface area contributed by atoms with E-state index in [4.69, 9.17) is 28.4 Å². The van der Waals surface area contributed by atoms with E-state index in [1.54, 1.807) is 48.2 Å². The largest absolute Gasteiger partial charge is 0.460 e. The molecule has 14 nitrogen and oxygen atoms in total. The Labute approximate surface area is 400 Å². The number of ether oxygens (including phenoxy) is 6. The van der Waals surface area contributed by atoms with Crippen LogP contribution in [0.3, 0.4) is 0 Å². The molecule has 1 amide bonds. The first-order valence-corrected chi connectivity index (χ1v) is 25.0. The van der Waals surface area contributed by atoms with E-state index < -0.39 is 65.7 Å². The highest BCUT2D eigenvalue weighted by molar-refractivity contribution is 6.39. The molecule has 380 valence electrons. The molecule has 14 heteroatoms. The van der Waals surface area contributed by atoms with Gasteiger partial charge < -0.3 is 48.6 Å². The summed E-state index contributed by atoms with van der Waals surface area (Å²) in [6.45, 7) is 13.7. The minimum atomic E-state index is -2.41. The highest BCUT2D eigenvalue weighted by Crippen LogP contribution is 2.38. The van der Waals surface area contributed by atoms with Gasteiger partial charge in [-0.3, -0.25) is 14.4 Å². The number of cyclic esters (lactones) is 1. The van der Waals surface area contributed by atoms with Crippen LogP contribution in [0.5, 0.6) is 0 Å². The first-order chi connectivity index (χ1) is 31.9. The normalized spacial score (nSPS) is 39.5. The molecule has 3 aliphatic heterocycles. The van der Waals surface area contributed by atoms with E-state index >= 15 is 0 Å². The summed E-state index contributed by atoms with van der Waals surface area (Å²) in [4.78, 5) is 58.4. The van der Waals surface area contributed by atoms with E-state index in [2.05, 4.69) is 19.9 Å². The zero-order valence-corrected chi connectivity index (χ0v) is 42.2. The molecule has 3 fully saturated rings. The predicted octanol–water partition coefficient (Wildman–Crippen LogP) is 7.02. The van der Waals surface area contributed by atoms with Crippen molar-refractivity contribution in [3.63, 3.8) is 0 Å². The van der Waals surface area contributed by atoms with Gasteiger partial charge in [0.25, 0.3) is 11.7 Å². The van der Waals surface area contributed by atoms with Crippen molar-refractivity contribution in [1.82, 2.24) is 4.90 Å². The van der Waals surface area contributed by atoms with E-state index in [1.807, 2.05) is 38.2 Å². The van der Waals surface area contributed by atoms with Crippen LogP contribution < -0.4 is 0 Å². The number of nitrogens with zero attached hydrogens (tertiary/aromatic N) is 1. The van der Waals surface area contributed by atoms with Crippen molar-refractivity contribution in [3.05, 3.63) is 47.6 Å². The monoisotopic (exact) mass is 944 g/mol. The van der Waals surface area contributed by atoms with Crippen molar-refractivity contribution >= 4 is 23.4 Å². The summed E-state index contributed by atoms with van der Waals surface area (Å²) in [7, 11) is 4.84. The zero-order chi connectivity index (χ0) is 49.4. The smallest absolute Gasteiger partial charge is 0.329 e. The Morgan fingerprint density at radius 3 is 2.25 bits per heavy atom. The van der Waals surface area contributed by atoms with Gasteiger partial charge in [0.05, 0.1) is 43.7 Å². The molecule has 0 spiro atoms. The summed E-state index contributed by atoms with van der Waals surface area (Å²) in [5.41, 5.74) is 1.53. The quantitative estimate of drug-likeness (QED) is 0.122. The van der Waals surface area contributed by atoms with Crippen LogP contribution in [0.25, 0.3) is 0 Å². The van der Waals surface area contributed by atoms with E-state index in [-0.39, 0.29) is 80.4 Å². The lowest BCUT2D eigenvalue weighted by atomic mass is 9.78. The molecule has 4 rings (SSSR count). The van der Waals surface area contributed by atoms with Crippen LogP contribution in [-0.2, 0) is 47.6 Å². The number of hydrogen-bond donors (Lipinski definition) is 3. The topological polar surface area (TPSA) is 188 Å². The number of esters is 1. The first-order valence-electron chi connectivity index (χ1n) is 25.0. The number of methoxy groups -OCH3 is 3. The Hall–Kier alpha value is -3.08. The fourth-order valence-corrected chi connectivity index (χ4v) is 10.7. The van der Waals surface area contributed by atoms with Crippen molar-refractivity contribution in [1.29, 1.82) is 0 Å². The molecule has 2 saturated heterocycles. The van der Waals surface area contributed by atoms with E-state index in [9.17, 15) is 34.5 Å². The number of allylic oxidation sites excluding steroid dienone is 6. The van der Waals surface area contributed by atoms with Gasteiger partial charge in [-0.05, 0) is 119 Å². The van der Waals surface area contributed by atoms with Crippen LogP contribution >= 0.6 is 0 Å². The van der Waals surface area contributed by atoms with E-state index in [0.29, 0.717) is 56.9 Å². The molecule has 0 radical (unpaired) electrons. The molecular formula is C53H85NO13. The number of aliphatic hydroxyl groups excluding tert-OH is 2. The molecule has 3 heterocycles. The number of piperidine rings is 1. The number of rotatable bonds is 9. The lowest BCUT2D eigenvalue weighted by Gasteiger charge is -2.42. The molecule has 2 bridgehead atoms. The molecule has 4 aliphatic rings. The van der Waals surface area contributed by atoms with Gasteiger partial charge in [0, 0.05) is 52.6 Å². The van der Waals surface area contributed by atoms with E-state index in [1.165, 1.54) is 4.90 Å². The summed E-state index contributed by atoms with van der Waals surface area (Å²) in [6, 6.07) is -1.11. The van der Waals surface area contributed by atoms with Crippen LogP contribution in [-0.4, -0.2) is 139 Å². The van der Waals surface area contributed by atoms with Crippen LogP contribution in [0.15, 0.2) is 47.6 Å². The summed E-state index contributed by atoms with van der Waals surface area (Å²) in [5.74, 6) is -6.38. The number of hydrogen-bond acceptors (Lipinski definition) is 13. The molecule has 0 aromatic heterocycles. The lowest BCUT2D eigenvalue weighted by Crippen LogP contribution is -2.61. The standard InChI is InChI=1S/C53H85NO13/c1-33-16-12-11-13-17-35(3)45(62-8)31-41-21-19-39(7)53(61,67-41)50(58)51(59)54-23-15-14-18-42(54)52(60)66-46(37(5)29-40-20-22-44(65-25-24-55)47(30-40)63-9)32-43(56)36(4)28-38(6)49(57)48(64-10)27-34(2)26-33/h11-13,16-17,28,33-34,36-37,39-42,44-49,55,57,61H,14-15,18-27,29-32H2,1-10H3/b13-11+,16-12+,35-17+,38-28+/t33-,34-,36-,37-,39-,40+,41+,42+,44-,45+,46+,47-,48+,49-,53-/m1/s1. The SMILES string of the molecule is CO[C@H]1C[C@@H]2CC[C@@H](C)[C@@](O)(O2)C(=O)C(=O)N2CCCC[C@H]2C(=O)O[C@H]([C@H](C)C[C@@H]2CC[C@@H](OCCO)[C@H](OC)C2)CC(=O)[C@H](C)/C=C(\C)[C@@H](O)[C@@H](OC)C[C@H](C)C[C@H](C)/C=C/C=C/C=C/1C. The first kappa shape index (κ1) is 56.5. The Morgan fingerprint density at radius 1 is 0.836 bits per heavy atom. The second-order valence-corrected chi connectivity index (χ2v) is 20.3. The van der Waals surface area contributed by atoms with Crippen LogP contribution in [0.1, 0.15) is 132 Å². The van der Waals surface area contributed by atoms with Crippen molar-refractivity contribution in [2.45, 2.75) is 186 Å². The summed E-state index contributed by atoms with van der Waals surface area (Å²) >= 11 is 0. The molecule has 15 atom stereocenters. The average molecular weight is 944 g/mol. The van der Waals surface area contributed by atoms with Crippen LogP contribution in [0.2, 0.25) is 0 Å². The van der Waals surface area contributed by atoms with Crippen molar-refractivity contribution in [2.75, 3.05) is 41.1 Å². The fourth-order valence-electron chi connectivity index (χ4n) is 10.7. The van der Waals surface area contributed by atoms with Gasteiger partial charge in [-0.2, -0.15) is 0 Å². The minimum Gasteiger partial charge on any atom is -0.460 e. The number of carbonyl (C=O) groups is 4. The highest BCUT2D eigenvalue weighted by Gasteiger charge is 2.53. The number of carbonyl (C=O) groups excluding carboxylic acids is 4. The van der Waals surface area contributed by atoms with Crippen LogP contribution in [0, 0.1) is 35.5 Å². The molecule has 0 aromatic carbocycles. The van der Waals surface area contributed by atoms with E-state index in [0.717, 1.165) is 24.8 Å². The van der Waals surface area contributed by atoms with Gasteiger partial charge in [0.2, 0.25) is 5.79 Å². The van der Waals surface area contributed by atoms with Crippen LogP contribution in [0.4, 0.5) is 0 Å². The number of aliphatic hydroxyl groups is 3. The van der Waals surface area contributed by atoms with Gasteiger partial charge in [-0.15, -0.1) is 0 Å². The third-order valence-corrected chi connectivity index (χ3v) is 14.9. The average Bonchev–Trinajstić information content (AvgIpc) is 3.31. The maximum atomic E-state index is 14.5. The van der Waals surface area contributed by atoms with Gasteiger partial charge >= 0.3 is 5.97 Å². The minimum absolute atomic E-state index is 0.0816. The maximum Gasteiger partial charge on any atom is 0.329 e. The predicted molar refractivity (Wildman–Crippen MR) is 256 cm³/mol. The second kappa shape index (κ2) is 27.3.